The van der Waals surface area contributed by atoms with E-state index < -0.39 is 0 Å². The molecule has 0 aliphatic carbocycles. The maximum Gasteiger partial charge on any atom is 0.138 e. The number of halogens is 2. The van der Waals surface area contributed by atoms with Crippen LogP contribution in [0.15, 0.2) is 91.5 Å². The number of hydrogen-bond donors (Lipinski definition) is 0. The maximum atomic E-state index is 15.1. The molecule has 0 saturated heterocycles. The first-order valence-electron chi connectivity index (χ1n) is 9.34. The van der Waals surface area contributed by atoms with Gasteiger partial charge in [0.15, 0.2) is 0 Å². The van der Waals surface area contributed by atoms with Crippen molar-refractivity contribution in [3.8, 4) is 22.3 Å². The Kier molecular flexibility index (Phi) is 5.03. The molecule has 0 bridgehead atoms. The summed E-state index contributed by atoms with van der Waals surface area (Å²) in [5.74, 6) is -0.464. The second-order valence-corrected chi connectivity index (χ2v) is 6.89. The molecular weight excluding hydrogens is 350 g/mol. The molecular formula is C26H20F2. The summed E-state index contributed by atoms with van der Waals surface area (Å²) < 4.78 is 28.2. The van der Waals surface area contributed by atoms with Crippen molar-refractivity contribution >= 4 is 10.8 Å². The molecule has 0 amide bonds. The molecule has 0 aromatic heterocycles. The lowest BCUT2D eigenvalue weighted by Crippen LogP contribution is -1.90. The van der Waals surface area contributed by atoms with Crippen LogP contribution in [0.2, 0.25) is 0 Å². The molecule has 0 nitrogen and oxygen atoms in total. The van der Waals surface area contributed by atoms with Crippen molar-refractivity contribution in [2.75, 3.05) is 0 Å². The van der Waals surface area contributed by atoms with E-state index in [1.54, 1.807) is 12.1 Å². The Morgan fingerprint density at radius 1 is 0.714 bits per heavy atom. The summed E-state index contributed by atoms with van der Waals surface area (Å²) in [6, 6.07) is 23.7. The lowest BCUT2D eigenvalue weighted by atomic mass is 9.96. The minimum atomic E-state index is -0.258. The van der Waals surface area contributed by atoms with Gasteiger partial charge in [0.2, 0.25) is 0 Å². The van der Waals surface area contributed by atoms with Gasteiger partial charge in [-0.25, -0.2) is 8.78 Å². The van der Waals surface area contributed by atoms with Gasteiger partial charge < -0.3 is 0 Å². The standard InChI is InChI=1S/C26H20F2/c1-2-3-4-18-5-15-25-22(17-18)12-16-24(26(25)28)21-8-6-19(7-9-21)20-10-13-23(27)14-11-20/h2,5-17H,1,3-4H2. The van der Waals surface area contributed by atoms with E-state index in [4.69, 9.17) is 0 Å². The fourth-order valence-electron chi connectivity index (χ4n) is 3.47. The smallest absolute Gasteiger partial charge is 0.138 e. The van der Waals surface area contributed by atoms with Crippen molar-refractivity contribution in [1.82, 2.24) is 0 Å². The summed E-state index contributed by atoms with van der Waals surface area (Å²) >= 11 is 0. The van der Waals surface area contributed by atoms with Gasteiger partial charge in [-0.3, -0.25) is 0 Å². The van der Waals surface area contributed by atoms with Crippen molar-refractivity contribution < 1.29 is 8.78 Å². The molecule has 0 heterocycles. The molecule has 0 aliphatic rings. The Labute approximate surface area is 163 Å². The molecule has 0 fully saturated rings. The number of aryl methyl sites for hydroxylation is 1. The van der Waals surface area contributed by atoms with E-state index in [0.29, 0.717) is 10.9 Å². The first-order chi connectivity index (χ1) is 13.7. The number of rotatable bonds is 5. The average Bonchev–Trinajstić information content (AvgIpc) is 2.73. The van der Waals surface area contributed by atoms with Crippen molar-refractivity contribution in [2.45, 2.75) is 12.8 Å². The molecule has 28 heavy (non-hydrogen) atoms. The van der Waals surface area contributed by atoms with E-state index in [1.807, 2.05) is 60.7 Å². The molecule has 4 rings (SSSR count). The van der Waals surface area contributed by atoms with Crippen molar-refractivity contribution in [1.29, 1.82) is 0 Å². The lowest BCUT2D eigenvalue weighted by molar-refractivity contribution is 0.628. The van der Waals surface area contributed by atoms with Gasteiger partial charge >= 0.3 is 0 Å². The molecule has 0 N–H and O–H groups in total. The van der Waals surface area contributed by atoms with Gasteiger partial charge in [-0.1, -0.05) is 72.8 Å². The van der Waals surface area contributed by atoms with Crippen LogP contribution < -0.4 is 0 Å². The van der Waals surface area contributed by atoms with E-state index in [9.17, 15) is 4.39 Å². The number of fused-ring (bicyclic) bond motifs is 1. The van der Waals surface area contributed by atoms with Gasteiger partial charge in [0.05, 0.1) is 0 Å². The average molecular weight is 370 g/mol. The molecule has 0 unspecified atom stereocenters. The molecule has 4 aromatic carbocycles. The van der Waals surface area contributed by atoms with Gasteiger partial charge in [0.25, 0.3) is 0 Å². The summed E-state index contributed by atoms with van der Waals surface area (Å²) in [5, 5.41) is 1.54. The third-order valence-electron chi connectivity index (χ3n) is 5.03. The third-order valence-corrected chi connectivity index (χ3v) is 5.03. The Morgan fingerprint density at radius 2 is 1.36 bits per heavy atom. The third kappa shape index (κ3) is 3.59. The van der Waals surface area contributed by atoms with Crippen molar-refractivity contribution in [3.05, 3.63) is 109 Å². The van der Waals surface area contributed by atoms with E-state index in [-0.39, 0.29) is 11.6 Å². The maximum absolute atomic E-state index is 15.1. The zero-order valence-electron chi connectivity index (χ0n) is 15.5. The van der Waals surface area contributed by atoms with Crippen LogP contribution in [0.4, 0.5) is 8.78 Å². The quantitative estimate of drug-likeness (QED) is 0.318. The largest absolute Gasteiger partial charge is 0.207 e. The van der Waals surface area contributed by atoms with Crippen LogP contribution in [0, 0.1) is 11.6 Å². The van der Waals surface area contributed by atoms with Crippen LogP contribution in [0.3, 0.4) is 0 Å². The van der Waals surface area contributed by atoms with Gasteiger partial charge in [-0.15, -0.1) is 6.58 Å². The number of benzene rings is 4. The summed E-state index contributed by atoms with van der Waals surface area (Å²) in [4.78, 5) is 0. The van der Waals surface area contributed by atoms with Crippen LogP contribution in [0.1, 0.15) is 12.0 Å². The monoisotopic (exact) mass is 370 g/mol. The van der Waals surface area contributed by atoms with Crippen LogP contribution in [0.5, 0.6) is 0 Å². The molecule has 4 aromatic rings. The molecule has 0 spiro atoms. The predicted molar refractivity (Wildman–Crippen MR) is 113 cm³/mol. The highest BCUT2D eigenvalue weighted by atomic mass is 19.1. The summed E-state index contributed by atoms with van der Waals surface area (Å²) in [6.07, 6.45) is 3.71. The van der Waals surface area contributed by atoms with E-state index in [2.05, 4.69) is 6.58 Å². The Bertz CT molecular complexity index is 1120. The predicted octanol–water partition coefficient (Wildman–Crippen LogP) is 7.57. The minimum absolute atomic E-state index is 0.206. The van der Waals surface area contributed by atoms with Gasteiger partial charge in [0.1, 0.15) is 11.6 Å². The normalized spacial score (nSPS) is 10.9. The number of allylic oxidation sites excluding steroid dienone is 1. The van der Waals surface area contributed by atoms with E-state index in [0.717, 1.165) is 34.9 Å². The summed E-state index contributed by atoms with van der Waals surface area (Å²) in [6.45, 7) is 3.75. The van der Waals surface area contributed by atoms with E-state index in [1.165, 1.54) is 17.7 Å². The molecule has 2 heteroatoms. The van der Waals surface area contributed by atoms with Crippen LogP contribution in [0.25, 0.3) is 33.0 Å². The van der Waals surface area contributed by atoms with Crippen molar-refractivity contribution in [3.63, 3.8) is 0 Å². The highest BCUT2D eigenvalue weighted by Crippen LogP contribution is 2.31. The molecule has 0 atom stereocenters. The van der Waals surface area contributed by atoms with Gasteiger partial charge in [0, 0.05) is 10.9 Å². The van der Waals surface area contributed by atoms with Gasteiger partial charge in [-0.05, 0) is 52.6 Å². The SMILES string of the molecule is C=CCCc1ccc2c(F)c(-c3ccc(-c4ccc(F)cc4)cc3)ccc2c1. The lowest BCUT2D eigenvalue weighted by Gasteiger charge is -2.10. The molecule has 0 radical (unpaired) electrons. The molecule has 0 saturated carbocycles. The number of hydrogen-bond acceptors (Lipinski definition) is 0. The van der Waals surface area contributed by atoms with Crippen LogP contribution >= 0.6 is 0 Å². The highest BCUT2D eigenvalue weighted by Gasteiger charge is 2.10. The Hall–Kier alpha value is -3.26. The summed E-state index contributed by atoms with van der Waals surface area (Å²) in [7, 11) is 0. The topological polar surface area (TPSA) is 0 Å². The van der Waals surface area contributed by atoms with E-state index >= 15 is 4.39 Å². The molecule has 138 valence electrons. The highest BCUT2D eigenvalue weighted by molar-refractivity contribution is 5.89. The minimum Gasteiger partial charge on any atom is -0.207 e. The van der Waals surface area contributed by atoms with Crippen molar-refractivity contribution in [2.24, 2.45) is 0 Å². The summed E-state index contributed by atoms with van der Waals surface area (Å²) in [5.41, 5.74) is 4.48. The first kappa shape index (κ1) is 18.1. The first-order valence-corrected chi connectivity index (χ1v) is 9.34. The van der Waals surface area contributed by atoms with Crippen LogP contribution in [-0.4, -0.2) is 0 Å². The Balaban J connectivity index is 1.67. The van der Waals surface area contributed by atoms with Crippen LogP contribution in [-0.2, 0) is 6.42 Å². The zero-order chi connectivity index (χ0) is 19.5. The Morgan fingerprint density at radius 3 is 2.04 bits per heavy atom. The second-order valence-electron chi connectivity index (χ2n) is 6.89. The van der Waals surface area contributed by atoms with Gasteiger partial charge in [-0.2, -0.15) is 0 Å². The zero-order valence-corrected chi connectivity index (χ0v) is 15.5. The second kappa shape index (κ2) is 7.77. The fourth-order valence-corrected chi connectivity index (χ4v) is 3.47. The fraction of sp³-hybridized carbons (Fsp3) is 0.0769. The molecule has 0 aliphatic heterocycles.